The second-order valence-corrected chi connectivity index (χ2v) is 6.61. The van der Waals surface area contributed by atoms with Crippen molar-refractivity contribution in [1.29, 1.82) is 0 Å². The minimum absolute atomic E-state index is 0.113. The first kappa shape index (κ1) is 9.07. The van der Waals surface area contributed by atoms with Gasteiger partial charge in [0.1, 0.15) is 0 Å². The molecule has 0 amide bonds. The Bertz CT molecular complexity index is 267. The molecule has 0 aliphatic heterocycles. The van der Waals surface area contributed by atoms with Crippen LogP contribution >= 0.6 is 0 Å². The van der Waals surface area contributed by atoms with Crippen molar-refractivity contribution in [3.8, 4) is 0 Å². The molecule has 0 N–H and O–H groups in total. The predicted molar refractivity (Wildman–Crippen MR) is 64.8 cm³/mol. The van der Waals surface area contributed by atoms with Crippen molar-refractivity contribution in [2.45, 2.75) is 77.6 Å². The van der Waals surface area contributed by atoms with Gasteiger partial charge in [-0.25, -0.2) is 0 Å². The Kier molecular flexibility index (Phi) is 2.12. The van der Waals surface area contributed by atoms with E-state index in [2.05, 4.69) is 6.92 Å². The Hall–Kier alpha value is 0. The van der Waals surface area contributed by atoms with E-state index in [0.717, 1.165) is 6.42 Å². The maximum Gasteiger partial charge on any atom is 0.0300 e. The largest absolute Gasteiger partial charge is 0.0625 e. The molecule has 0 spiro atoms. The van der Waals surface area contributed by atoms with Gasteiger partial charge in [-0.1, -0.05) is 39.0 Å². The fourth-order valence-electron chi connectivity index (χ4n) is 5.16. The van der Waals surface area contributed by atoms with E-state index in [-0.39, 0.29) is 5.89 Å². The highest BCUT2D eigenvalue weighted by Crippen LogP contribution is 2.66. The van der Waals surface area contributed by atoms with E-state index in [1.807, 2.05) is 0 Å². The summed E-state index contributed by atoms with van der Waals surface area (Å²) in [7, 11) is 0. The molecule has 15 heavy (non-hydrogen) atoms. The highest BCUT2D eigenvalue weighted by atomic mass is 14.6. The first-order valence-corrected chi connectivity index (χ1v) is 7.08. The SMILES string of the molecule is [2H][C@@]1(C)CCC23CCCCC2(CCCC3)C1. The quantitative estimate of drug-likeness (QED) is 0.528. The third-order valence-electron chi connectivity index (χ3n) is 5.92. The van der Waals surface area contributed by atoms with E-state index < -0.39 is 0 Å². The molecule has 0 aromatic heterocycles. The fourth-order valence-corrected chi connectivity index (χ4v) is 5.16. The molecule has 0 aromatic rings. The molecule has 0 unspecified atom stereocenters. The first-order chi connectivity index (χ1) is 7.58. The second-order valence-electron chi connectivity index (χ2n) is 6.61. The van der Waals surface area contributed by atoms with Crippen LogP contribution < -0.4 is 0 Å². The summed E-state index contributed by atoms with van der Waals surface area (Å²) in [6.07, 6.45) is 15.4. The molecule has 3 rings (SSSR count). The van der Waals surface area contributed by atoms with E-state index in [0.29, 0.717) is 10.8 Å². The predicted octanol–water partition coefficient (Wildman–Crippen LogP) is 4.93. The molecule has 86 valence electrons. The molecule has 3 aliphatic rings. The number of rotatable bonds is 0. The Morgan fingerprint density at radius 3 is 2.00 bits per heavy atom. The average molecular weight is 207 g/mol. The van der Waals surface area contributed by atoms with Crippen LogP contribution in [0.2, 0.25) is 0 Å². The number of hydrogen-bond acceptors (Lipinski definition) is 0. The summed E-state index contributed by atoms with van der Waals surface area (Å²) in [5.74, 6) is -0.113. The van der Waals surface area contributed by atoms with Gasteiger partial charge in [0.25, 0.3) is 0 Å². The van der Waals surface area contributed by atoms with Crippen LogP contribution in [0.25, 0.3) is 0 Å². The zero-order chi connectivity index (χ0) is 11.3. The molecular formula is C15H26. The lowest BCUT2D eigenvalue weighted by Crippen LogP contribution is -2.50. The molecule has 0 heterocycles. The third-order valence-corrected chi connectivity index (χ3v) is 5.92. The van der Waals surface area contributed by atoms with Crippen molar-refractivity contribution in [3.63, 3.8) is 0 Å². The van der Waals surface area contributed by atoms with Gasteiger partial charge in [-0.05, 0) is 55.2 Å². The van der Waals surface area contributed by atoms with E-state index >= 15 is 0 Å². The molecule has 0 nitrogen and oxygen atoms in total. The summed E-state index contributed by atoms with van der Waals surface area (Å²) in [6, 6.07) is 0. The molecule has 0 bridgehead atoms. The van der Waals surface area contributed by atoms with Crippen LogP contribution in [0.3, 0.4) is 0 Å². The van der Waals surface area contributed by atoms with Crippen LogP contribution in [0.4, 0.5) is 0 Å². The van der Waals surface area contributed by atoms with Gasteiger partial charge in [-0.2, -0.15) is 0 Å². The van der Waals surface area contributed by atoms with Crippen molar-refractivity contribution < 1.29 is 1.37 Å². The van der Waals surface area contributed by atoms with E-state index in [4.69, 9.17) is 1.37 Å². The third kappa shape index (κ3) is 1.40. The minimum Gasteiger partial charge on any atom is -0.0625 e. The summed E-state index contributed by atoms with van der Waals surface area (Å²) in [6.45, 7) is 2.19. The van der Waals surface area contributed by atoms with E-state index in [9.17, 15) is 0 Å². The van der Waals surface area contributed by atoms with Gasteiger partial charge in [0.05, 0.1) is 0 Å². The second kappa shape index (κ2) is 3.50. The van der Waals surface area contributed by atoms with Gasteiger partial charge in [0.2, 0.25) is 0 Å². The van der Waals surface area contributed by atoms with Crippen LogP contribution in [0.1, 0.15) is 78.9 Å². The van der Waals surface area contributed by atoms with Gasteiger partial charge >= 0.3 is 0 Å². The average Bonchev–Trinajstić information content (AvgIpc) is 2.26. The minimum atomic E-state index is -0.113. The Labute approximate surface area is 96.2 Å². The normalized spacial score (nSPS) is 56.5. The van der Waals surface area contributed by atoms with Gasteiger partial charge in [-0.15, -0.1) is 0 Å². The van der Waals surface area contributed by atoms with Crippen molar-refractivity contribution in [2.75, 3.05) is 0 Å². The monoisotopic (exact) mass is 207 g/mol. The van der Waals surface area contributed by atoms with Crippen LogP contribution in [-0.2, 0) is 0 Å². The van der Waals surface area contributed by atoms with Crippen molar-refractivity contribution >= 4 is 0 Å². The van der Waals surface area contributed by atoms with Gasteiger partial charge in [-0.3, -0.25) is 0 Å². The van der Waals surface area contributed by atoms with Crippen LogP contribution in [0.5, 0.6) is 0 Å². The number of hydrogen-bond donors (Lipinski definition) is 0. The molecule has 1 atom stereocenters. The summed E-state index contributed by atoms with van der Waals surface area (Å²) in [5, 5.41) is 0. The Morgan fingerprint density at radius 2 is 1.40 bits per heavy atom. The van der Waals surface area contributed by atoms with Crippen molar-refractivity contribution in [2.24, 2.45) is 16.7 Å². The van der Waals surface area contributed by atoms with E-state index in [1.54, 1.807) is 0 Å². The smallest absolute Gasteiger partial charge is 0.0300 e. The molecule has 3 fully saturated rings. The topological polar surface area (TPSA) is 0 Å². The van der Waals surface area contributed by atoms with Crippen molar-refractivity contribution in [1.82, 2.24) is 0 Å². The van der Waals surface area contributed by atoms with Crippen LogP contribution in [0, 0.1) is 16.7 Å². The zero-order valence-electron chi connectivity index (χ0n) is 11.3. The lowest BCUT2D eigenvalue weighted by molar-refractivity contribution is -0.105. The van der Waals surface area contributed by atoms with Crippen LogP contribution in [-0.4, -0.2) is 0 Å². The van der Waals surface area contributed by atoms with Crippen LogP contribution in [0.15, 0.2) is 0 Å². The molecule has 3 aliphatic carbocycles. The Morgan fingerprint density at radius 1 is 0.867 bits per heavy atom. The molecule has 0 aromatic carbocycles. The Balaban J connectivity index is 1.95. The molecular weight excluding hydrogens is 180 g/mol. The maximum absolute atomic E-state index is 8.46. The summed E-state index contributed by atoms with van der Waals surface area (Å²) in [5.41, 5.74) is 1.28. The highest BCUT2D eigenvalue weighted by molar-refractivity contribution is 5.05. The first-order valence-electron chi connectivity index (χ1n) is 7.58. The van der Waals surface area contributed by atoms with E-state index in [1.165, 1.54) is 64.2 Å². The lowest BCUT2D eigenvalue weighted by atomic mass is 9.44. The molecule has 0 heteroatoms. The summed E-state index contributed by atoms with van der Waals surface area (Å²) >= 11 is 0. The maximum atomic E-state index is 8.46. The zero-order valence-corrected chi connectivity index (χ0v) is 10.3. The lowest BCUT2D eigenvalue weighted by Gasteiger charge is -2.61. The van der Waals surface area contributed by atoms with Gasteiger partial charge < -0.3 is 0 Å². The molecule has 3 saturated carbocycles. The van der Waals surface area contributed by atoms with Gasteiger partial charge in [0, 0.05) is 1.37 Å². The van der Waals surface area contributed by atoms with Gasteiger partial charge in [0.15, 0.2) is 0 Å². The van der Waals surface area contributed by atoms with Crippen molar-refractivity contribution in [3.05, 3.63) is 0 Å². The summed E-state index contributed by atoms with van der Waals surface area (Å²) < 4.78 is 8.46. The molecule has 0 saturated heterocycles. The summed E-state index contributed by atoms with van der Waals surface area (Å²) in [4.78, 5) is 0. The highest BCUT2D eigenvalue weighted by Gasteiger charge is 2.55. The molecule has 0 radical (unpaired) electrons. The fraction of sp³-hybridized carbons (Fsp3) is 1.00. The standard InChI is InChI=1S/C15H26/c1-13-6-11-14-7-2-4-9-15(14,12-13)10-5-3-8-14/h13H,2-12H2,1H3/t13-,14?,15?/m1/s1/i13D.